The summed E-state index contributed by atoms with van der Waals surface area (Å²) in [6.07, 6.45) is 0. The molecule has 2 heteroatoms. The molecule has 1 fully saturated rings. The molecule has 0 bridgehead atoms. The zero-order chi connectivity index (χ0) is 3.70. The maximum Gasteiger partial charge on any atom is 0.0267 e. The summed E-state index contributed by atoms with van der Waals surface area (Å²) in [6, 6.07) is 0. The Hall–Kier alpha value is -0.0800. The van der Waals surface area contributed by atoms with E-state index >= 15 is 0 Å². The number of hydrazine groups is 1. The molecule has 0 amide bonds. The predicted molar refractivity (Wildman–Crippen MR) is 20.6 cm³/mol. The second-order valence-corrected chi connectivity index (χ2v) is 1.33. The SMILES string of the molecule is CN1CCN1. The molecule has 1 aliphatic rings. The number of hydrogen-bond acceptors (Lipinski definition) is 2. The van der Waals surface area contributed by atoms with Gasteiger partial charge in [0.1, 0.15) is 0 Å². The Bertz CT molecular complexity index is 31.9. The minimum Gasteiger partial charge on any atom is -0.254 e. The third-order valence-corrected chi connectivity index (χ3v) is 0.829. The minimum atomic E-state index is 1.16. The number of nitrogens with one attached hydrogen (secondary N) is 1. The Kier molecular flexibility index (Phi) is 0.596. The van der Waals surface area contributed by atoms with Crippen molar-refractivity contribution >= 4 is 0 Å². The van der Waals surface area contributed by atoms with Crippen molar-refractivity contribution in [3.63, 3.8) is 0 Å². The average molecular weight is 72.1 g/mol. The summed E-state index contributed by atoms with van der Waals surface area (Å²) in [5.74, 6) is 0. The Morgan fingerprint density at radius 1 is 1.80 bits per heavy atom. The summed E-state index contributed by atoms with van der Waals surface area (Å²) in [7, 11) is 2.03. The zero-order valence-corrected chi connectivity index (χ0v) is 3.36. The van der Waals surface area contributed by atoms with E-state index in [9.17, 15) is 0 Å². The van der Waals surface area contributed by atoms with Crippen molar-refractivity contribution in [1.82, 2.24) is 10.4 Å². The second kappa shape index (κ2) is 0.954. The molecule has 30 valence electrons. The molecule has 0 saturated carbocycles. The Morgan fingerprint density at radius 3 is 2.20 bits per heavy atom. The number of rotatable bonds is 0. The van der Waals surface area contributed by atoms with Crippen LogP contribution in [0.2, 0.25) is 0 Å². The summed E-state index contributed by atoms with van der Waals surface area (Å²) in [6.45, 7) is 2.37. The lowest BCUT2D eigenvalue weighted by molar-refractivity contribution is 0.142. The van der Waals surface area contributed by atoms with E-state index in [2.05, 4.69) is 10.4 Å². The van der Waals surface area contributed by atoms with E-state index in [1.807, 2.05) is 7.05 Å². The molecule has 1 aliphatic heterocycles. The standard InChI is InChI=1S/C3H8N2/c1-5-3-2-4-5/h4H,2-3H2,1H3. The van der Waals surface area contributed by atoms with Crippen LogP contribution in [0.5, 0.6) is 0 Å². The van der Waals surface area contributed by atoms with Crippen LogP contribution in [-0.4, -0.2) is 25.1 Å². The minimum absolute atomic E-state index is 1.16. The number of hydrogen-bond donors (Lipinski definition) is 1. The first-order valence-electron chi connectivity index (χ1n) is 1.84. The van der Waals surface area contributed by atoms with Gasteiger partial charge in [-0.2, -0.15) is 0 Å². The first-order chi connectivity index (χ1) is 2.39. The number of nitrogens with zero attached hydrogens (tertiary/aromatic N) is 1. The highest BCUT2D eigenvalue weighted by Gasteiger charge is 2.02. The molecular weight excluding hydrogens is 64.0 g/mol. The fourth-order valence-corrected chi connectivity index (χ4v) is 0.335. The van der Waals surface area contributed by atoms with E-state index in [-0.39, 0.29) is 0 Å². The van der Waals surface area contributed by atoms with Gasteiger partial charge in [0, 0.05) is 20.1 Å². The molecule has 0 spiro atoms. The van der Waals surface area contributed by atoms with Crippen LogP contribution in [0.1, 0.15) is 0 Å². The van der Waals surface area contributed by atoms with Gasteiger partial charge < -0.3 is 0 Å². The lowest BCUT2D eigenvalue weighted by Gasteiger charge is -2.26. The van der Waals surface area contributed by atoms with E-state index in [0.717, 1.165) is 6.54 Å². The summed E-state index contributed by atoms with van der Waals surface area (Å²) in [4.78, 5) is 0. The van der Waals surface area contributed by atoms with Gasteiger partial charge in [-0.3, -0.25) is 5.43 Å². The summed E-state index contributed by atoms with van der Waals surface area (Å²) >= 11 is 0. The normalized spacial score (nSPS) is 25.8. The van der Waals surface area contributed by atoms with Crippen molar-refractivity contribution in [2.45, 2.75) is 0 Å². The fourth-order valence-electron chi connectivity index (χ4n) is 0.335. The van der Waals surface area contributed by atoms with Gasteiger partial charge in [-0.05, 0) is 0 Å². The van der Waals surface area contributed by atoms with Crippen molar-refractivity contribution in [1.29, 1.82) is 0 Å². The van der Waals surface area contributed by atoms with Crippen LogP contribution in [0.25, 0.3) is 0 Å². The van der Waals surface area contributed by atoms with Gasteiger partial charge in [0.2, 0.25) is 0 Å². The molecule has 1 saturated heterocycles. The maximum absolute atomic E-state index is 3.04. The topological polar surface area (TPSA) is 15.3 Å². The van der Waals surface area contributed by atoms with E-state index < -0.39 is 0 Å². The van der Waals surface area contributed by atoms with Crippen molar-refractivity contribution in [3.05, 3.63) is 0 Å². The van der Waals surface area contributed by atoms with Gasteiger partial charge in [0.15, 0.2) is 0 Å². The Balaban J connectivity index is 2.08. The molecule has 0 radical (unpaired) electrons. The van der Waals surface area contributed by atoms with Crippen LogP contribution in [0.4, 0.5) is 0 Å². The van der Waals surface area contributed by atoms with Gasteiger partial charge >= 0.3 is 0 Å². The summed E-state index contributed by atoms with van der Waals surface area (Å²) in [5.41, 5.74) is 3.04. The molecule has 0 aromatic carbocycles. The molecule has 2 nitrogen and oxygen atoms in total. The molecule has 1 heterocycles. The molecule has 1 rings (SSSR count). The highest BCUT2D eigenvalue weighted by molar-refractivity contribution is 4.55. The van der Waals surface area contributed by atoms with Gasteiger partial charge in [0.25, 0.3) is 0 Å². The first kappa shape index (κ1) is 3.12. The Labute approximate surface area is 31.7 Å². The number of likely N-dealkylation sites (N-methyl/N-ethyl adjacent to an activating group) is 1. The van der Waals surface area contributed by atoms with Crippen LogP contribution in [0.15, 0.2) is 0 Å². The molecule has 0 aliphatic carbocycles. The zero-order valence-electron chi connectivity index (χ0n) is 3.36. The molecule has 0 unspecified atom stereocenters. The van der Waals surface area contributed by atoms with E-state index in [1.54, 1.807) is 0 Å². The van der Waals surface area contributed by atoms with Gasteiger partial charge in [-0.25, -0.2) is 5.01 Å². The molecule has 0 atom stereocenters. The van der Waals surface area contributed by atoms with Crippen LogP contribution in [-0.2, 0) is 0 Å². The maximum atomic E-state index is 3.04. The van der Waals surface area contributed by atoms with Crippen molar-refractivity contribution < 1.29 is 0 Å². The van der Waals surface area contributed by atoms with Crippen LogP contribution in [0, 0.1) is 0 Å². The van der Waals surface area contributed by atoms with Gasteiger partial charge in [-0.15, -0.1) is 0 Å². The quantitative estimate of drug-likeness (QED) is 0.412. The second-order valence-electron chi connectivity index (χ2n) is 1.33. The molecular formula is C3H8N2. The summed E-state index contributed by atoms with van der Waals surface area (Å²) in [5, 5.41) is 2.06. The third kappa shape index (κ3) is 0.412. The van der Waals surface area contributed by atoms with E-state index in [1.165, 1.54) is 6.54 Å². The molecule has 1 N–H and O–H groups in total. The van der Waals surface area contributed by atoms with Gasteiger partial charge in [0.05, 0.1) is 0 Å². The first-order valence-corrected chi connectivity index (χ1v) is 1.84. The monoisotopic (exact) mass is 72.1 g/mol. The highest BCUT2D eigenvalue weighted by Crippen LogP contribution is 1.80. The lowest BCUT2D eigenvalue weighted by Crippen LogP contribution is -2.50. The van der Waals surface area contributed by atoms with Crippen LogP contribution >= 0.6 is 0 Å². The highest BCUT2D eigenvalue weighted by atomic mass is 15.6. The van der Waals surface area contributed by atoms with Crippen LogP contribution < -0.4 is 5.43 Å². The smallest absolute Gasteiger partial charge is 0.0267 e. The largest absolute Gasteiger partial charge is 0.254 e. The molecule has 0 aromatic rings. The van der Waals surface area contributed by atoms with E-state index in [0.29, 0.717) is 0 Å². The Morgan fingerprint density at radius 2 is 2.20 bits per heavy atom. The third-order valence-electron chi connectivity index (χ3n) is 0.829. The van der Waals surface area contributed by atoms with Crippen LogP contribution in [0.3, 0.4) is 0 Å². The average Bonchev–Trinajstić information content (AvgIpc) is 1.30. The van der Waals surface area contributed by atoms with Gasteiger partial charge in [-0.1, -0.05) is 0 Å². The fraction of sp³-hybridized carbons (Fsp3) is 1.00. The van der Waals surface area contributed by atoms with Crippen molar-refractivity contribution in [3.8, 4) is 0 Å². The lowest BCUT2D eigenvalue weighted by atomic mass is 10.5. The van der Waals surface area contributed by atoms with Crippen molar-refractivity contribution in [2.75, 3.05) is 20.1 Å². The molecule has 0 aromatic heterocycles. The molecule has 5 heavy (non-hydrogen) atoms. The van der Waals surface area contributed by atoms with Crippen molar-refractivity contribution in [2.24, 2.45) is 0 Å². The predicted octanol–water partition coefficient (Wildman–Crippen LogP) is -0.564. The summed E-state index contributed by atoms with van der Waals surface area (Å²) < 4.78 is 0. The van der Waals surface area contributed by atoms with E-state index in [4.69, 9.17) is 0 Å².